The molecule has 1 atom stereocenters. The second-order valence-electron chi connectivity index (χ2n) is 6.69. The zero-order valence-corrected chi connectivity index (χ0v) is 17.6. The summed E-state index contributed by atoms with van der Waals surface area (Å²) in [5.41, 5.74) is 2.51. The van der Waals surface area contributed by atoms with Crippen LogP contribution in [-0.2, 0) is 10.0 Å². The van der Waals surface area contributed by atoms with Crippen LogP contribution in [0.3, 0.4) is 0 Å². The molecule has 5 nitrogen and oxygen atoms in total. The molecule has 0 saturated heterocycles. The van der Waals surface area contributed by atoms with Crippen LogP contribution in [0.15, 0.2) is 77.7 Å². The molecule has 3 rings (SSSR count). The number of aryl methyl sites for hydroxylation is 1. The molecule has 7 heteroatoms. The fourth-order valence-corrected chi connectivity index (χ4v) is 4.10. The Kier molecular flexibility index (Phi) is 6.25. The second kappa shape index (κ2) is 8.68. The van der Waals surface area contributed by atoms with Crippen LogP contribution in [0.1, 0.15) is 34.5 Å². The third kappa shape index (κ3) is 5.16. The van der Waals surface area contributed by atoms with E-state index in [0.29, 0.717) is 21.8 Å². The standard InChI is InChI=1S/C22H21ClN2O3S/c1-15-14-18(22(26)24-16(2)17-6-4-3-5-7-17)8-13-21(15)25-29(27,28)20-11-9-19(23)10-12-20/h3-14,16,25H,1-2H3,(H,24,26)/t16-/m0/s1. The monoisotopic (exact) mass is 428 g/mol. The van der Waals surface area contributed by atoms with Gasteiger partial charge in [-0.05, 0) is 67.4 Å². The molecule has 0 spiro atoms. The molecular formula is C22H21ClN2O3S. The topological polar surface area (TPSA) is 75.3 Å². The number of benzene rings is 3. The highest BCUT2D eigenvalue weighted by molar-refractivity contribution is 7.92. The third-order valence-electron chi connectivity index (χ3n) is 4.50. The first-order valence-corrected chi connectivity index (χ1v) is 10.9. The number of carbonyl (C=O) groups excluding carboxylic acids is 1. The lowest BCUT2D eigenvalue weighted by molar-refractivity contribution is 0.0940. The molecule has 3 aromatic carbocycles. The van der Waals surface area contributed by atoms with Gasteiger partial charge in [0.2, 0.25) is 0 Å². The van der Waals surface area contributed by atoms with Crippen LogP contribution < -0.4 is 10.0 Å². The molecule has 0 heterocycles. The van der Waals surface area contributed by atoms with Gasteiger partial charge in [0.15, 0.2) is 0 Å². The average molecular weight is 429 g/mol. The van der Waals surface area contributed by atoms with Crippen LogP contribution >= 0.6 is 11.6 Å². The zero-order chi connectivity index (χ0) is 21.0. The molecule has 29 heavy (non-hydrogen) atoms. The summed E-state index contributed by atoms with van der Waals surface area (Å²) < 4.78 is 27.7. The minimum atomic E-state index is -3.75. The van der Waals surface area contributed by atoms with Crippen LogP contribution in [0.2, 0.25) is 5.02 Å². The van der Waals surface area contributed by atoms with Gasteiger partial charge in [-0.3, -0.25) is 9.52 Å². The van der Waals surface area contributed by atoms with Crippen molar-refractivity contribution < 1.29 is 13.2 Å². The molecule has 0 saturated carbocycles. The molecule has 0 aliphatic heterocycles. The Morgan fingerprint density at radius 1 is 0.966 bits per heavy atom. The molecule has 2 N–H and O–H groups in total. The van der Waals surface area contributed by atoms with Crippen molar-refractivity contribution >= 4 is 33.2 Å². The number of halogens is 1. The lowest BCUT2D eigenvalue weighted by atomic mass is 10.1. The number of hydrogen-bond donors (Lipinski definition) is 2. The second-order valence-corrected chi connectivity index (χ2v) is 8.81. The summed E-state index contributed by atoms with van der Waals surface area (Å²) in [4.78, 5) is 12.7. The predicted molar refractivity (Wildman–Crippen MR) is 116 cm³/mol. The lowest BCUT2D eigenvalue weighted by Gasteiger charge is -2.16. The van der Waals surface area contributed by atoms with E-state index in [4.69, 9.17) is 11.6 Å². The fraction of sp³-hybridized carbons (Fsp3) is 0.136. The van der Waals surface area contributed by atoms with Gasteiger partial charge < -0.3 is 5.32 Å². The summed E-state index contributed by atoms with van der Waals surface area (Å²) in [5.74, 6) is -0.225. The van der Waals surface area contributed by atoms with Crippen LogP contribution in [-0.4, -0.2) is 14.3 Å². The first-order valence-electron chi connectivity index (χ1n) is 9.01. The third-order valence-corrected chi connectivity index (χ3v) is 6.14. The molecular weight excluding hydrogens is 408 g/mol. The maximum absolute atomic E-state index is 12.6. The van der Waals surface area contributed by atoms with E-state index < -0.39 is 10.0 Å². The van der Waals surface area contributed by atoms with Crippen LogP contribution in [0.4, 0.5) is 5.69 Å². The number of amides is 1. The van der Waals surface area contributed by atoms with Gasteiger partial charge in [0.05, 0.1) is 16.6 Å². The molecule has 0 unspecified atom stereocenters. The molecule has 0 bridgehead atoms. The maximum Gasteiger partial charge on any atom is 0.261 e. The first kappa shape index (κ1) is 20.9. The quantitative estimate of drug-likeness (QED) is 0.583. The molecule has 1 amide bonds. The van der Waals surface area contributed by atoms with E-state index >= 15 is 0 Å². The predicted octanol–water partition coefficient (Wildman–Crippen LogP) is 4.94. The van der Waals surface area contributed by atoms with E-state index in [9.17, 15) is 13.2 Å². The Bertz CT molecular complexity index is 1110. The SMILES string of the molecule is Cc1cc(C(=O)N[C@@H](C)c2ccccc2)ccc1NS(=O)(=O)c1ccc(Cl)cc1. The molecule has 0 aliphatic carbocycles. The molecule has 0 radical (unpaired) electrons. The van der Waals surface area contributed by atoms with Crippen molar-refractivity contribution in [2.24, 2.45) is 0 Å². The van der Waals surface area contributed by atoms with Crippen molar-refractivity contribution in [1.29, 1.82) is 0 Å². The lowest BCUT2D eigenvalue weighted by Crippen LogP contribution is -2.26. The van der Waals surface area contributed by atoms with E-state index in [2.05, 4.69) is 10.0 Å². The average Bonchev–Trinajstić information content (AvgIpc) is 2.70. The zero-order valence-electron chi connectivity index (χ0n) is 16.0. The number of anilines is 1. The van der Waals surface area contributed by atoms with Crippen molar-refractivity contribution in [2.75, 3.05) is 4.72 Å². The van der Waals surface area contributed by atoms with Gasteiger partial charge in [-0.1, -0.05) is 41.9 Å². The highest BCUT2D eigenvalue weighted by Crippen LogP contribution is 2.22. The minimum absolute atomic E-state index is 0.111. The normalized spacial score (nSPS) is 12.2. The van der Waals surface area contributed by atoms with Crippen molar-refractivity contribution in [3.63, 3.8) is 0 Å². The number of rotatable bonds is 6. The molecule has 0 aromatic heterocycles. The van der Waals surface area contributed by atoms with Gasteiger partial charge >= 0.3 is 0 Å². The first-order chi connectivity index (χ1) is 13.8. The Labute approximate surface area is 175 Å². The number of sulfonamides is 1. The highest BCUT2D eigenvalue weighted by Gasteiger charge is 2.17. The van der Waals surface area contributed by atoms with Crippen molar-refractivity contribution in [3.05, 3.63) is 94.5 Å². The summed E-state index contributed by atoms with van der Waals surface area (Å²) >= 11 is 5.82. The van der Waals surface area contributed by atoms with Gasteiger partial charge in [0.25, 0.3) is 15.9 Å². The largest absolute Gasteiger partial charge is 0.346 e. The van der Waals surface area contributed by atoms with E-state index in [1.165, 1.54) is 24.3 Å². The van der Waals surface area contributed by atoms with Gasteiger partial charge in [-0.15, -0.1) is 0 Å². The Balaban J connectivity index is 1.74. The van der Waals surface area contributed by atoms with Crippen LogP contribution in [0.5, 0.6) is 0 Å². The van der Waals surface area contributed by atoms with Crippen LogP contribution in [0, 0.1) is 6.92 Å². The summed E-state index contributed by atoms with van der Waals surface area (Å²) in [6.07, 6.45) is 0. The molecule has 0 aliphatic rings. The van der Waals surface area contributed by atoms with E-state index in [0.717, 1.165) is 5.56 Å². The summed E-state index contributed by atoms with van der Waals surface area (Å²) in [5, 5.41) is 3.41. The number of hydrogen-bond acceptors (Lipinski definition) is 3. The molecule has 150 valence electrons. The fourth-order valence-electron chi connectivity index (χ4n) is 2.84. The van der Waals surface area contributed by atoms with Gasteiger partial charge in [0.1, 0.15) is 0 Å². The number of nitrogens with one attached hydrogen (secondary N) is 2. The smallest absolute Gasteiger partial charge is 0.261 e. The summed E-state index contributed by atoms with van der Waals surface area (Å²) in [7, 11) is -3.75. The summed E-state index contributed by atoms with van der Waals surface area (Å²) in [6, 6.07) is 20.3. The van der Waals surface area contributed by atoms with E-state index in [-0.39, 0.29) is 16.8 Å². The minimum Gasteiger partial charge on any atom is -0.346 e. The summed E-state index contributed by atoms with van der Waals surface area (Å²) in [6.45, 7) is 3.66. The maximum atomic E-state index is 12.6. The van der Waals surface area contributed by atoms with Crippen molar-refractivity contribution in [3.8, 4) is 0 Å². The van der Waals surface area contributed by atoms with Crippen LogP contribution in [0.25, 0.3) is 0 Å². The Morgan fingerprint density at radius 3 is 2.24 bits per heavy atom. The number of carbonyl (C=O) groups is 1. The highest BCUT2D eigenvalue weighted by atomic mass is 35.5. The van der Waals surface area contributed by atoms with Gasteiger partial charge in [-0.25, -0.2) is 8.42 Å². The van der Waals surface area contributed by atoms with Gasteiger partial charge in [-0.2, -0.15) is 0 Å². The molecule has 3 aromatic rings. The Morgan fingerprint density at radius 2 is 1.62 bits per heavy atom. The van der Waals surface area contributed by atoms with Crippen molar-refractivity contribution in [1.82, 2.24) is 5.32 Å². The molecule has 0 fully saturated rings. The van der Waals surface area contributed by atoms with Gasteiger partial charge in [0, 0.05) is 10.6 Å². The van der Waals surface area contributed by atoms with E-state index in [1.807, 2.05) is 37.3 Å². The Hall–Kier alpha value is -2.83. The van der Waals surface area contributed by atoms with E-state index in [1.54, 1.807) is 25.1 Å². The van der Waals surface area contributed by atoms with Crippen molar-refractivity contribution in [2.45, 2.75) is 24.8 Å².